The van der Waals surface area contributed by atoms with Gasteiger partial charge in [-0.3, -0.25) is 0 Å². The zero-order valence-electron chi connectivity index (χ0n) is 14.7. The van der Waals surface area contributed by atoms with Crippen LogP contribution in [0.25, 0.3) is 22.3 Å². The van der Waals surface area contributed by atoms with Gasteiger partial charge in [0.2, 0.25) is 0 Å². The summed E-state index contributed by atoms with van der Waals surface area (Å²) in [7, 11) is 0. The molecule has 0 unspecified atom stereocenters. The summed E-state index contributed by atoms with van der Waals surface area (Å²) in [6.45, 7) is 0. The van der Waals surface area contributed by atoms with Gasteiger partial charge in [-0.05, 0) is 69.5 Å². The highest BCUT2D eigenvalue weighted by atomic mass is 14.2. The normalized spacial score (nSPS) is 12.3. The molecule has 124 valence electrons. The molecule has 0 nitrogen and oxygen atoms in total. The van der Waals surface area contributed by atoms with E-state index in [1.165, 1.54) is 44.5 Å². The van der Waals surface area contributed by atoms with Crippen LogP contribution in [0.3, 0.4) is 0 Å². The van der Waals surface area contributed by atoms with Crippen LogP contribution in [-0.2, 0) is 12.8 Å². The Hall–Kier alpha value is -3.12. The highest BCUT2D eigenvalue weighted by Gasteiger charge is 2.18. The third-order valence-electron chi connectivity index (χ3n) is 5.39. The van der Waals surface area contributed by atoms with Gasteiger partial charge in [0.1, 0.15) is 0 Å². The van der Waals surface area contributed by atoms with Crippen molar-refractivity contribution in [3.63, 3.8) is 0 Å². The number of benzene rings is 4. The van der Waals surface area contributed by atoms with Gasteiger partial charge >= 0.3 is 0 Å². The Bertz CT molecular complexity index is 972. The highest BCUT2D eigenvalue weighted by molar-refractivity contribution is 5.85. The van der Waals surface area contributed by atoms with Crippen molar-refractivity contribution in [2.75, 3.05) is 0 Å². The molecule has 0 amide bonds. The molecule has 0 heteroatoms. The lowest BCUT2D eigenvalue weighted by atomic mass is 9.81. The Morgan fingerprint density at radius 1 is 0.385 bits per heavy atom. The Morgan fingerprint density at radius 2 is 0.769 bits per heavy atom. The third kappa shape index (κ3) is 2.64. The standard InChI is InChI=1S/C26H20/c1-3-9-19(10-4-1)25-17-23-15-21-13-7-8-14-22(21)16-24(23)18-26(25)20-11-5-2-6-12-20/h1-14,17-18H,15-16H2. The first-order valence-corrected chi connectivity index (χ1v) is 9.22. The van der Waals surface area contributed by atoms with Crippen molar-refractivity contribution in [2.45, 2.75) is 12.8 Å². The van der Waals surface area contributed by atoms with Gasteiger partial charge < -0.3 is 0 Å². The maximum Gasteiger partial charge on any atom is -0.00198 e. The molecule has 26 heavy (non-hydrogen) atoms. The van der Waals surface area contributed by atoms with Gasteiger partial charge in [0.15, 0.2) is 0 Å². The van der Waals surface area contributed by atoms with Crippen molar-refractivity contribution in [3.05, 3.63) is 119 Å². The SMILES string of the molecule is c1ccc(-c2cc3c(cc2-c2ccccc2)Cc2ccccc2C3)cc1. The summed E-state index contributed by atoms with van der Waals surface area (Å²) in [5.41, 5.74) is 11.1. The van der Waals surface area contributed by atoms with Crippen molar-refractivity contribution in [3.8, 4) is 22.3 Å². The van der Waals surface area contributed by atoms with Crippen LogP contribution < -0.4 is 0 Å². The van der Waals surface area contributed by atoms with E-state index in [9.17, 15) is 0 Å². The molecular formula is C26H20. The minimum Gasteiger partial charge on any atom is -0.0622 e. The lowest BCUT2D eigenvalue weighted by molar-refractivity contribution is 1.00. The lowest BCUT2D eigenvalue weighted by Gasteiger charge is -2.23. The fourth-order valence-corrected chi connectivity index (χ4v) is 4.04. The summed E-state index contributed by atoms with van der Waals surface area (Å²) < 4.78 is 0. The second-order valence-corrected chi connectivity index (χ2v) is 7.02. The molecule has 0 saturated heterocycles. The molecular weight excluding hydrogens is 312 g/mol. The largest absolute Gasteiger partial charge is 0.0622 e. The minimum absolute atomic E-state index is 1.03. The summed E-state index contributed by atoms with van der Waals surface area (Å²) in [6, 6.07) is 35.2. The molecule has 0 atom stereocenters. The molecule has 0 bridgehead atoms. The fraction of sp³-hybridized carbons (Fsp3) is 0.0769. The Balaban J connectivity index is 1.72. The summed E-state index contributed by atoms with van der Waals surface area (Å²) in [4.78, 5) is 0. The first-order chi connectivity index (χ1) is 12.9. The quantitative estimate of drug-likeness (QED) is 0.345. The average Bonchev–Trinajstić information content (AvgIpc) is 2.72. The van der Waals surface area contributed by atoms with Crippen LogP contribution in [0.15, 0.2) is 97.1 Å². The molecule has 4 aromatic rings. The molecule has 5 rings (SSSR count). The Kier molecular flexibility index (Phi) is 3.68. The van der Waals surface area contributed by atoms with E-state index in [-0.39, 0.29) is 0 Å². The molecule has 1 aliphatic carbocycles. The van der Waals surface area contributed by atoms with Crippen LogP contribution in [0.2, 0.25) is 0 Å². The predicted molar refractivity (Wildman–Crippen MR) is 109 cm³/mol. The molecule has 0 N–H and O–H groups in total. The molecule has 0 saturated carbocycles. The van der Waals surface area contributed by atoms with E-state index in [1.807, 2.05) is 0 Å². The molecule has 1 aliphatic rings. The summed E-state index contributed by atoms with van der Waals surface area (Å²) in [6.07, 6.45) is 2.06. The van der Waals surface area contributed by atoms with Gasteiger partial charge in [-0.2, -0.15) is 0 Å². The van der Waals surface area contributed by atoms with E-state index < -0.39 is 0 Å². The van der Waals surface area contributed by atoms with Crippen molar-refractivity contribution in [2.24, 2.45) is 0 Å². The van der Waals surface area contributed by atoms with Crippen LogP contribution in [0, 0.1) is 0 Å². The highest BCUT2D eigenvalue weighted by Crippen LogP contribution is 2.38. The lowest BCUT2D eigenvalue weighted by Crippen LogP contribution is -2.08. The molecule has 0 heterocycles. The van der Waals surface area contributed by atoms with Crippen LogP contribution in [-0.4, -0.2) is 0 Å². The molecule has 0 spiro atoms. The number of hydrogen-bond acceptors (Lipinski definition) is 0. The molecule has 0 radical (unpaired) electrons. The fourth-order valence-electron chi connectivity index (χ4n) is 4.04. The molecule has 4 aromatic carbocycles. The molecule has 0 fully saturated rings. The van der Waals surface area contributed by atoms with Crippen LogP contribution in [0.1, 0.15) is 22.3 Å². The summed E-state index contributed by atoms with van der Waals surface area (Å²) in [5.74, 6) is 0. The number of fused-ring (bicyclic) bond motifs is 2. The zero-order valence-corrected chi connectivity index (χ0v) is 14.7. The first-order valence-electron chi connectivity index (χ1n) is 9.22. The van der Waals surface area contributed by atoms with Gasteiger partial charge in [0, 0.05) is 0 Å². The zero-order chi connectivity index (χ0) is 17.3. The third-order valence-corrected chi connectivity index (χ3v) is 5.39. The molecule has 0 aliphatic heterocycles. The predicted octanol–water partition coefficient (Wildman–Crippen LogP) is 6.52. The summed E-state index contributed by atoms with van der Waals surface area (Å²) >= 11 is 0. The van der Waals surface area contributed by atoms with Crippen LogP contribution >= 0.6 is 0 Å². The Labute approximate surface area is 154 Å². The van der Waals surface area contributed by atoms with E-state index in [0.717, 1.165) is 12.8 Å². The number of rotatable bonds is 2. The maximum absolute atomic E-state index is 2.42. The van der Waals surface area contributed by atoms with Gasteiger partial charge in [-0.1, -0.05) is 84.9 Å². The van der Waals surface area contributed by atoms with Gasteiger partial charge in [0.05, 0.1) is 0 Å². The topological polar surface area (TPSA) is 0 Å². The van der Waals surface area contributed by atoms with E-state index in [0.29, 0.717) is 0 Å². The van der Waals surface area contributed by atoms with Gasteiger partial charge in [-0.15, -0.1) is 0 Å². The first kappa shape index (κ1) is 15.2. The smallest absolute Gasteiger partial charge is 0.00198 e. The summed E-state index contributed by atoms with van der Waals surface area (Å²) in [5, 5.41) is 0. The second-order valence-electron chi connectivity index (χ2n) is 7.02. The number of hydrogen-bond donors (Lipinski definition) is 0. The van der Waals surface area contributed by atoms with E-state index in [4.69, 9.17) is 0 Å². The van der Waals surface area contributed by atoms with Crippen molar-refractivity contribution >= 4 is 0 Å². The average molecular weight is 332 g/mol. The second kappa shape index (κ2) is 6.31. The van der Waals surface area contributed by atoms with Gasteiger partial charge in [0.25, 0.3) is 0 Å². The molecule has 0 aromatic heterocycles. The van der Waals surface area contributed by atoms with Gasteiger partial charge in [-0.25, -0.2) is 0 Å². The minimum atomic E-state index is 1.03. The van der Waals surface area contributed by atoms with E-state index >= 15 is 0 Å². The van der Waals surface area contributed by atoms with E-state index in [1.54, 1.807) is 0 Å². The van der Waals surface area contributed by atoms with E-state index in [2.05, 4.69) is 97.1 Å². The van der Waals surface area contributed by atoms with Crippen molar-refractivity contribution < 1.29 is 0 Å². The van der Waals surface area contributed by atoms with Crippen LogP contribution in [0.4, 0.5) is 0 Å². The maximum atomic E-state index is 2.42. The van der Waals surface area contributed by atoms with Crippen LogP contribution in [0.5, 0.6) is 0 Å². The monoisotopic (exact) mass is 332 g/mol. The van der Waals surface area contributed by atoms with Crippen molar-refractivity contribution in [1.29, 1.82) is 0 Å². The Morgan fingerprint density at radius 3 is 1.19 bits per heavy atom. The van der Waals surface area contributed by atoms with Crippen molar-refractivity contribution in [1.82, 2.24) is 0 Å².